The van der Waals surface area contributed by atoms with Crippen molar-refractivity contribution in [2.45, 2.75) is 19.8 Å². The molecule has 2 unspecified atom stereocenters. The molecule has 1 aliphatic heterocycles. The van der Waals surface area contributed by atoms with Crippen LogP contribution in [0.4, 0.5) is 0 Å². The van der Waals surface area contributed by atoms with Crippen LogP contribution >= 0.6 is 11.8 Å². The Bertz CT molecular complexity index is 335. The summed E-state index contributed by atoms with van der Waals surface area (Å²) in [6.07, 6.45) is 3.97. The van der Waals surface area contributed by atoms with Crippen LogP contribution in [0.5, 0.6) is 0 Å². The maximum absolute atomic E-state index is 12.1. The number of hydrogen-bond acceptors (Lipinski definition) is 4. The highest BCUT2D eigenvalue weighted by Crippen LogP contribution is 2.17. The van der Waals surface area contributed by atoms with E-state index in [2.05, 4.69) is 11.6 Å². The number of hydrogen-bond donors (Lipinski definition) is 2. The number of rotatable bonds is 7. The lowest BCUT2D eigenvalue weighted by Gasteiger charge is -2.31. The van der Waals surface area contributed by atoms with E-state index in [1.807, 2.05) is 6.26 Å². The van der Waals surface area contributed by atoms with Gasteiger partial charge in [-0.15, -0.1) is 0 Å². The number of nitrogens with zero attached hydrogens (tertiary/aromatic N) is 1. The molecule has 0 aromatic heterocycles. The number of thioether (sulfide) groups is 1. The fraction of sp³-hybridized carbons (Fsp3) is 1.00. The first kappa shape index (κ1) is 16.2. The summed E-state index contributed by atoms with van der Waals surface area (Å²) in [5, 5.41) is 0. The van der Waals surface area contributed by atoms with Crippen molar-refractivity contribution in [3.8, 4) is 0 Å². The Labute approximate surface area is 115 Å². The van der Waals surface area contributed by atoms with Crippen molar-refractivity contribution in [2.75, 3.05) is 38.2 Å². The second-order valence-corrected chi connectivity index (χ2v) is 7.68. The van der Waals surface area contributed by atoms with Crippen LogP contribution in [-0.2, 0) is 10.2 Å². The van der Waals surface area contributed by atoms with Gasteiger partial charge in [0, 0.05) is 19.6 Å². The molecule has 0 aliphatic carbocycles. The molecule has 0 saturated carbocycles. The van der Waals surface area contributed by atoms with E-state index in [0.29, 0.717) is 38.0 Å². The first-order valence-electron chi connectivity index (χ1n) is 6.43. The van der Waals surface area contributed by atoms with E-state index in [1.54, 1.807) is 16.1 Å². The van der Waals surface area contributed by atoms with Gasteiger partial charge in [-0.25, -0.2) is 4.72 Å². The quantitative estimate of drug-likeness (QED) is 0.717. The second-order valence-electron chi connectivity index (χ2n) is 5.02. The van der Waals surface area contributed by atoms with E-state index in [4.69, 9.17) is 5.73 Å². The molecular formula is C11H25N3O2S2. The normalized spacial score (nSPS) is 24.1. The van der Waals surface area contributed by atoms with Crippen molar-refractivity contribution in [2.24, 2.45) is 17.6 Å². The minimum absolute atomic E-state index is 0.305. The zero-order chi connectivity index (χ0) is 13.6. The Balaban J connectivity index is 2.47. The van der Waals surface area contributed by atoms with E-state index in [1.165, 1.54) is 0 Å². The van der Waals surface area contributed by atoms with Gasteiger partial charge in [0.25, 0.3) is 10.2 Å². The molecule has 0 aromatic carbocycles. The predicted molar refractivity (Wildman–Crippen MR) is 77.8 cm³/mol. The predicted octanol–water partition coefficient (Wildman–Crippen LogP) is 0.491. The van der Waals surface area contributed by atoms with E-state index >= 15 is 0 Å². The molecule has 3 N–H and O–H groups in total. The van der Waals surface area contributed by atoms with E-state index in [0.717, 1.165) is 18.6 Å². The summed E-state index contributed by atoms with van der Waals surface area (Å²) < 4.78 is 28.5. The molecular weight excluding hydrogens is 270 g/mol. The van der Waals surface area contributed by atoms with Gasteiger partial charge in [0.2, 0.25) is 0 Å². The first-order chi connectivity index (χ1) is 8.49. The summed E-state index contributed by atoms with van der Waals surface area (Å²) >= 11 is 1.73. The largest absolute Gasteiger partial charge is 0.330 e. The van der Waals surface area contributed by atoms with Crippen molar-refractivity contribution in [1.82, 2.24) is 9.03 Å². The molecule has 0 aromatic rings. The molecule has 2 atom stereocenters. The number of nitrogens with two attached hydrogens (primary N) is 1. The zero-order valence-corrected chi connectivity index (χ0v) is 12.9. The van der Waals surface area contributed by atoms with Crippen LogP contribution in [0.3, 0.4) is 0 Å². The molecule has 1 fully saturated rings. The van der Waals surface area contributed by atoms with Gasteiger partial charge in [-0.2, -0.15) is 24.5 Å². The summed E-state index contributed by atoms with van der Waals surface area (Å²) in [4.78, 5) is 0. The van der Waals surface area contributed by atoms with E-state index < -0.39 is 10.2 Å². The summed E-state index contributed by atoms with van der Waals surface area (Å²) in [6.45, 7) is 4.30. The fourth-order valence-electron chi connectivity index (χ4n) is 2.12. The third-order valence-corrected chi connectivity index (χ3v) is 5.67. The van der Waals surface area contributed by atoms with E-state index in [9.17, 15) is 8.42 Å². The van der Waals surface area contributed by atoms with Gasteiger partial charge >= 0.3 is 0 Å². The minimum atomic E-state index is -3.32. The summed E-state index contributed by atoms with van der Waals surface area (Å²) in [6, 6.07) is 0. The standard InChI is InChI=1S/C11H25N3O2S2/c1-10(9-17-2)7-13-18(15,16)14-5-3-4-11(6-12)8-14/h10-11,13H,3-9,12H2,1-2H3. The van der Waals surface area contributed by atoms with Gasteiger partial charge in [-0.05, 0) is 43.2 Å². The Morgan fingerprint density at radius 1 is 1.56 bits per heavy atom. The van der Waals surface area contributed by atoms with Crippen molar-refractivity contribution in [1.29, 1.82) is 0 Å². The Morgan fingerprint density at radius 2 is 2.28 bits per heavy atom. The van der Waals surface area contributed by atoms with Crippen LogP contribution in [0.2, 0.25) is 0 Å². The average molecular weight is 295 g/mol. The topological polar surface area (TPSA) is 75.4 Å². The Hall–Kier alpha value is 0.180. The molecule has 1 rings (SSSR count). The van der Waals surface area contributed by atoms with Crippen molar-refractivity contribution >= 4 is 22.0 Å². The van der Waals surface area contributed by atoms with Gasteiger partial charge in [0.1, 0.15) is 0 Å². The molecule has 1 aliphatic rings. The molecule has 0 bridgehead atoms. The average Bonchev–Trinajstić information content (AvgIpc) is 2.37. The van der Waals surface area contributed by atoms with Gasteiger partial charge in [-0.1, -0.05) is 6.92 Å². The maximum atomic E-state index is 12.1. The monoisotopic (exact) mass is 295 g/mol. The lowest BCUT2D eigenvalue weighted by molar-refractivity contribution is 0.268. The minimum Gasteiger partial charge on any atom is -0.330 e. The zero-order valence-electron chi connectivity index (χ0n) is 11.3. The van der Waals surface area contributed by atoms with Crippen molar-refractivity contribution in [3.05, 3.63) is 0 Å². The van der Waals surface area contributed by atoms with Gasteiger partial charge < -0.3 is 5.73 Å². The van der Waals surface area contributed by atoms with Crippen LogP contribution in [-0.4, -0.2) is 50.9 Å². The van der Waals surface area contributed by atoms with Crippen molar-refractivity contribution in [3.63, 3.8) is 0 Å². The molecule has 18 heavy (non-hydrogen) atoms. The lowest BCUT2D eigenvalue weighted by atomic mass is 10.0. The Morgan fingerprint density at radius 3 is 2.89 bits per heavy atom. The molecule has 108 valence electrons. The molecule has 1 heterocycles. The van der Waals surface area contributed by atoms with Crippen LogP contribution in [0.1, 0.15) is 19.8 Å². The van der Waals surface area contributed by atoms with Crippen LogP contribution in [0.15, 0.2) is 0 Å². The van der Waals surface area contributed by atoms with Crippen molar-refractivity contribution < 1.29 is 8.42 Å². The molecule has 1 saturated heterocycles. The highest BCUT2D eigenvalue weighted by molar-refractivity contribution is 7.98. The molecule has 0 radical (unpaired) electrons. The molecule has 5 nitrogen and oxygen atoms in total. The van der Waals surface area contributed by atoms with Gasteiger partial charge in [0.15, 0.2) is 0 Å². The third kappa shape index (κ3) is 5.05. The van der Waals surface area contributed by atoms with Crippen LogP contribution in [0.25, 0.3) is 0 Å². The highest BCUT2D eigenvalue weighted by atomic mass is 32.2. The molecule has 7 heteroatoms. The van der Waals surface area contributed by atoms with Crippen LogP contribution in [0, 0.1) is 11.8 Å². The first-order valence-corrected chi connectivity index (χ1v) is 9.26. The molecule has 0 amide bonds. The number of piperidine rings is 1. The summed E-state index contributed by atoms with van der Waals surface area (Å²) in [7, 11) is -3.32. The molecule has 0 spiro atoms. The maximum Gasteiger partial charge on any atom is 0.279 e. The summed E-state index contributed by atoms with van der Waals surface area (Å²) in [5.74, 6) is 1.62. The Kier molecular flexibility index (Phi) is 6.94. The van der Waals surface area contributed by atoms with Crippen LogP contribution < -0.4 is 10.5 Å². The third-order valence-electron chi connectivity index (χ3n) is 3.22. The van der Waals surface area contributed by atoms with E-state index in [-0.39, 0.29) is 0 Å². The SMILES string of the molecule is CSCC(C)CNS(=O)(=O)N1CCCC(CN)C1. The van der Waals surface area contributed by atoms with Gasteiger partial charge in [0.05, 0.1) is 0 Å². The smallest absolute Gasteiger partial charge is 0.279 e. The number of nitrogens with one attached hydrogen (secondary N) is 1. The van der Waals surface area contributed by atoms with Gasteiger partial charge in [-0.3, -0.25) is 0 Å². The highest BCUT2D eigenvalue weighted by Gasteiger charge is 2.28. The summed E-state index contributed by atoms with van der Waals surface area (Å²) in [5.41, 5.74) is 5.63. The second kappa shape index (κ2) is 7.69. The fourth-order valence-corrected chi connectivity index (χ4v) is 4.26. The lowest BCUT2D eigenvalue weighted by Crippen LogP contribution is -2.48.